The van der Waals surface area contributed by atoms with Crippen LogP contribution in [0, 0.1) is 5.41 Å². The summed E-state index contributed by atoms with van der Waals surface area (Å²) in [6.07, 6.45) is 4.89. The summed E-state index contributed by atoms with van der Waals surface area (Å²) in [5.41, 5.74) is 1.07. The van der Waals surface area contributed by atoms with Gasteiger partial charge in [0.1, 0.15) is 17.9 Å². The zero-order valence-electron chi connectivity index (χ0n) is 14.8. The summed E-state index contributed by atoms with van der Waals surface area (Å²) in [7, 11) is 0. The predicted octanol–water partition coefficient (Wildman–Crippen LogP) is 2.25. The number of rotatable bonds is 4. The zero-order valence-corrected chi connectivity index (χ0v) is 15.6. The first-order chi connectivity index (χ1) is 13.5. The van der Waals surface area contributed by atoms with Crippen molar-refractivity contribution in [3.05, 3.63) is 29.8 Å². The first-order valence-corrected chi connectivity index (χ1v) is 9.33. The molecular formula is C17H17ClF2N8. The van der Waals surface area contributed by atoms with Crippen LogP contribution in [0.1, 0.15) is 6.42 Å². The SMILES string of the molecule is FC(F)Cn1ncc2ncc(N3CCC4(C3)CN(c3ncc(Cl)cn3)C4)nc21. The van der Waals surface area contributed by atoms with Gasteiger partial charge >= 0.3 is 0 Å². The van der Waals surface area contributed by atoms with Crippen molar-refractivity contribution in [3.63, 3.8) is 0 Å². The summed E-state index contributed by atoms with van der Waals surface area (Å²) in [5.74, 6) is 1.38. The third-order valence-electron chi connectivity index (χ3n) is 5.35. The van der Waals surface area contributed by atoms with Gasteiger partial charge in [-0.3, -0.25) is 0 Å². The molecule has 0 aliphatic carbocycles. The molecule has 1 spiro atoms. The van der Waals surface area contributed by atoms with Gasteiger partial charge in [0.05, 0.1) is 29.8 Å². The monoisotopic (exact) mass is 406 g/mol. The van der Waals surface area contributed by atoms with E-state index in [4.69, 9.17) is 11.6 Å². The van der Waals surface area contributed by atoms with E-state index in [0.29, 0.717) is 28.0 Å². The average molecular weight is 407 g/mol. The molecule has 3 aromatic heterocycles. The molecule has 0 unspecified atom stereocenters. The third-order valence-corrected chi connectivity index (χ3v) is 5.54. The van der Waals surface area contributed by atoms with E-state index in [1.54, 1.807) is 18.6 Å². The lowest BCUT2D eigenvalue weighted by molar-refractivity contribution is 0.123. The Hall–Kier alpha value is -2.62. The number of halogens is 3. The van der Waals surface area contributed by atoms with Crippen LogP contribution >= 0.6 is 11.6 Å². The molecule has 0 amide bonds. The molecule has 0 bridgehead atoms. The molecule has 0 saturated carbocycles. The molecule has 28 heavy (non-hydrogen) atoms. The fourth-order valence-corrected chi connectivity index (χ4v) is 4.12. The first-order valence-electron chi connectivity index (χ1n) is 8.96. The molecule has 2 fully saturated rings. The highest BCUT2D eigenvalue weighted by molar-refractivity contribution is 6.30. The molecule has 0 aromatic carbocycles. The van der Waals surface area contributed by atoms with E-state index in [1.807, 2.05) is 0 Å². The second kappa shape index (κ2) is 6.47. The molecule has 2 saturated heterocycles. The topological polar surface area (TPSA) is 75.9 Å². The Labute approximate surface area is 164 Å². The van der Waals surface area contributed by atoms with E-state index in [0.717, 1.165) is 32.6 Å². The van der Waals surface area contributed by atoms with Crippen LogP contribution in [-0.4, -0.2) is 62.3 Å². The maximum atomic E-state index is 12.7. The minimum absolute atomic E-state index is 0.156. The summed E-state index contributed by atoms with van der Waals surface area (Å²) < 4.78 is 26.7. The highest BCUT2D eigenvalue weighted by atomic mass is 35.5. The van der Waals surface area contributed by atoms with Crippen molar-refractivity contribution in [3.8, 4) is 0 Å². The third kappa shape index (κ3) is 3.01. The molecule has 0 atom stereocenters. The number of fused-ring (bicyclic) bond motifs is 1. The fraction of sp³-hybridized carbons (Fsp3) is 0.471. The van der Waals surface area contributed by atoms with Gasteiger partial charge in [0.25, 0.3) is 6.43 Å². The molecule has 5 rings (SSSR count). The van der Waals surface area contributed by atoms with Crippen LogP contribution in [0.25, 0.3) is 11.2 Å². The summed E-state index contributed by atoms with van der Waals surface area (Å²) in [6, 6.07) is 0. The molecule has 2 aliphatic rings. The van der Waals surface area contributed by atoms with Crippen LogP contribution < -0.4 is 9.80 Å². The Morgan fingerprint density at radius 1 is 1.04 bits per heavy atom. The minimum Gasteiger partial charge on any atom is -0.355 e. The average Bonchev–Trinajstić information content (AvgIpc) is 3.26. The van der Waals surface area contributed by atoms with Gasteiger partial charge < -0.3 is 9.80 Å². The second-order valence-corrected chi connectivity index (χ2v) is 7.82. The van der Waals surface area contributed by atoms with Crippen molar-refractivity contribution in [1.82, 2.24) is 29.7 Å². The Bertz CT molecular complexity index is 1000. The Morgan fingerprint density at radius 2 is 1.79 bits per heavy atom. The highest BCUT2D eigenvalue weighted by Gasteiger charge is 2.48. The summed E-state index contributed by atoms with van der Waals surface area (Å²) in [5, 5.41) is 4.49. The number of alkyl halides is 2. The van der Waals surface area contributed by atoms with Crippen LogP contribution in [0.2, 0.25) is 5.02 Å². The van der Waals surface area contributed by atoms with E-state index < -0.39 is 13.0 Å². The van der Waals surface area contributed by atoms with Crippen LogP contribution in [-0.2, 0) is 6.54 Å². The molecule has 3 aromatic rings. The molecular weight excluding hydrogens is 390 g/mol. The molecule has 2 aliphatic heterocycles. The standard InChI is InChI=1S/C17H17ClF2N8/c18-11-3-22-16(23-4-11)27-9-17(10-27)1-2-26(8-17)14-6-21-12-5-24-28(7-13(19)20)15(12)25-14/h3-6,13H,1-2,7-10H2. The van der Waals surface area contributed by atoms with Crippen molar-refractivity contribution in [2.75, 3.05) is 36.0 Å². The van der Waals surface area contributed by atoms with Crippen molar-refractivity contribution in [2.24, 2.45) is 5.41 Å². The molecule has 0 radical (unpaired) electrons. The van der Waals surface area contributed by atoms with Gasteiger partial charge in [-0.05, 0) is 6.42 Å². The molecule has 0 N–H and O–H groups in total. The number of aromatic nitrogens is 6. The van der Waals surface area contributed by atoms with Gasteiger partial charge in [-0.2, -0.15) is 5.10 Å². The van der Waals surface area contributed by atoms with Gasteiger partial charge in [-0.25, -0.2) is 33.4 Å². The van der Waals surface area contributed by atoms with Gasteiger partial charge in [0.15, 0.2) is 5.65 Å². The Balaban J connectivity index is 1.30. The smallest absolute Gasteiger partial charge is 0.258 e. The Morgan fingerprint density at radius 3 is 2.54 bits per heavy atom. The van der Waals surface area contributed by atoms with E-state index >= 15 is 0 Å². The fourth-order valence-electron chi connectivity index (χ4n) is 4.02. The van der Waals surface area contributed by atoms with Crippen LogP contribution in [0.5, 0.6) is 0 Å². The van der Waals surface area contributed by atoms with Gasteiger partial charge in [-0.1, -0.05) is 11.6 Å². The number of hydrogen-bond donors (Lipinski definition) is 0. The second-order valence-electron chi connectivity index (χ2n) is 7.38. The molecule has 11 heteroatoms. The van der Waals surface area contributed by atoms with Crippen LogP contribution in [0.3, 0.4) is 0 Å². The van der Waals surface area contributed by atoms with E-state index in [1.165, 1.54) is 10.9 Å². The predicted molar refractivity (Wildman–Crippen MR) is 99.8 cm³/mol. The van der Waals surface area contributed by atoms with Crippen molar-refractivity contribution in [2.45, 2.75) is 19.4 Å². The van der Waals surface area contributed by atoms with E-state index in [-0.39, 0.29) is 5.41 Å². The number of anilines is 2. The van der Waals surface area contributed by atoms with Crippen molar-refractivity contribution >= 4 is 34.5 Å². The quantitative estimate of drug-likeness (QED) is 0.657. The number of nitrogens with zero attached hydrogens (tertiary/aromatic N) is 8. The first kappa shape index (κ1) is 17.5. The summed E-state index contributed by atoms with van der Waals surface area (Å²) >= 11 is 5.85. The maximum Gasteiger partial charge on any atom is 0.258 e. The largest absolute Gasteiger partial charge is 0.355 e. The Kier molecular flexibility index (Phi) is 4.04. The lowest BCUT2D eigenvalue weighted by atomic mass is 9.79. The normalized spacial score (nSPS) is 18.4. The van der Waals surface area contributed by atoms with Gasteiger partial charge in [0.2, 0.25) is 5.95 Å². The highest BCUT2D eigenvalue weighted by Crippen LogP contribution is 2.42. The van der Waals surface area contributed by atoms with Crippen LogP contribution in [0.4, 0.5) is 20.5 Å². The van der Waals surface area contributed by atoms with Gasteiger partial charge in [-0.15, -0.1) is 0 Å². The molecule has 146 valence electrons. The van der Waals surface area contributed by atoms with E-state index in [2.05, 4.69) is 34.8 Å². The summed E-state index contributed by atoms with van der Waals surface area (Å²) in [6.45, 7) is 2.93. The van der Waals surface area contributed by atoms with Crippen LogP contribution in [0.15, 0.2) is 24.8 Å². The zero-order chi connectivity index (χ0) is 19.3. The maximum absolute atomic E-state index is 12.7. The minimum atomic E-state index is -2.49. The molecule has 8 nitrogen and oxygen atoms in total. The summed E-state index contributed by atoms with van der Waals surface area (Å²) in [4.78, 5) is 21.7. The van der Waals surface area contributed by atoms with Crippen molar-refractivity contribution < 1.29 is 8.78 Å². The van der Waals surface area contributed by atoms with E-state index in [9.17, 15) is 8.78 Å². The van der Waals surface area contributed by atoms with Gasteiger partial charge in [0, 0.05) is 31.6 Å². The molecule has 5 heterocycles. The lowest BCUT2D eigenvalue weighted by Crippen LogP contribution is -2.58. The lowest BCUT2D eigenvalue weighted by Gasteiger charge is -2.47. The number of hydrogen-bond acceptors (Lipinski definition) is 7. The van der Waals surface area contributed by atoms with Crippen molar-refractivity contribution in [1.29, 1.82) is 0 Å².